The number of carbonyl (C=O) groups excluding carboxylic acids is 1. The number of benzene rings is 2. The van der Waals surface area contributed by atoms with Crippen LogP contribution in [0.1, 0.15) is 28.8 Å². The molecule has 0 unspecified atom stereocenters. The summed E-state index contributed by atoms with van der Waals surface area (Å²) in [6.45, 7) is 0.754. The van der Waals surface area contributed by atoms with Crippen molar-refractivity contribution in [2.75, 3.05) is 5.32 Å². The molecule has 1 aliphatic carbocycles. The Morgan fingerprint density at radius 2 is 1.96 bits per heavy atom. The zero-order valence-electron chi connectivity index (χ0n) is 15.3. The van der Waals surface area contributed by atoms with Crippen molar-refractivity contribution >= 4 is 11.6 Å². The zero-order chi connectivity index (χ0) is 18.6. The van der Waals surface area contributed by atoms with Crippen molar-refractivity contribution in [3.63, 3.8) is 0 Å². The summed E-state index contributed by atoms with van der Waals surface area (Å²) in [6, 6.07) is 15.7. The molecule has 2 aromatic carbocycles. The number of anilines is 1. The van der Waals surface area contributed by atoms with Gasteiger partial charge in [-0.25, -0.2) is 4.98 Å². The third kappa shape index (κ3) is 4.26. The molecule has 3 aromatic rings. The summed E-state index contributed by atoms with van der Waals surface area (Å²) < 4.78 is 2.01. The Hall–Kier alpha value is -2.92. The van der Waals surface area contributed by atoms with E-state index in [4.69, 9.17) is 5.73 Å². The lowest BCUT2D eigenvalue weighted by Crippen LogP contribution is -2.37. The Bertz CT molecular complexity index is 932. The molecule has 0 spiro atoms. The molecule has 27 heavy (non-hydrogen) atoms. The fraction of sp³-hybridized carbons (Fsp3) is 0.273. The van der Waals surface area contributed by atoms with Crippen LogP contribution in [0.3, 0.4) is 0 Å². The molecule has 0 fully saturated rings. The Morgan fingerprint density at radius 3 is 2.81 bits per heavy atom. The summed E-state index contributed by atoms with van der Waals surface area (Å²) >= 11 is 0. The van der Waals surface area contributed by atoms with Gasteiger partial charge in [0.05, 0.1) is 18.1 Å². The maximum Gasteiger partial charge on any atom is 0.241 e. The molecule has 3 N–H and O–H groups in total. The van der Waals surface area contributed by atoms with Gasteiger partial charge in [0.2, 0.25) is 5.91 Å². The molecule has 138 valence electrons. The van der Waals surface area contributed by atoms with Gasteiger partial charge in [-0.05, 0) is 48.1 Å². The lowest BCUT2D eigenvalue weighted by Gasteiger charge is -2.12. The second kappa shape index (κ2) is 7.76. The molecular weight excluding hydrogens is 336 g/mol. The number of aryl methyl sites for hydroxylation is 2. The van der Waals surface area contributed by atoms with Crippen LogP contribution in [0.5, 0.6) is 0 Å². The van der Waals surface area contributed by atoms with Gasteiger partial charge in [-0.2, -0.15) is 0 Å². The van der Waals surface area contributed by atoms with E-state index in [-0.39, 0.29) is 5.91 Å². The molecular formula is C22H24N4O. The fourth-order valence-electron chi connectivity index (χ4n) is 3.60. The van der Waals surface area contributed by atoms with E-state index in [0.29, 0.717) is 6.42 Å². The molecule has 1 atom stereocenters. The summed E-state index contributed by atoms with van der Waals surface area (Å²) in [5, 5.41) is 2.94. The van der Waals surface area contributed by atoms with Crippen molar-refractivity contribution < 1.29 is 4.79 Å². The maximum absolute atomic E-state index is 12.4. The predicted molar refractivity (Wildman–Crippen MR) is 107 cm³/mol. The highest BCUT2D eigenvalue weighted by Crippen LogP contribution is 2.25. The lowest BCUT2D eigenvalue weighted by atomic mass is 10.1. The Labute approximate surface area is 159 Å². The minimum atomic E-state index is -0.627. The van der Waals surface area contributed by atoms with Crippen LogP contribution in [0.2, 0.25) is 0 Å². The number of amides is 1. The van der Waals surface area contributed by atoms with Crippen LogP contribution in [0.4, 0.5) is 5.69 Å². The normalized spacial score (nSPS) is 14.0. The molecule has 1 aliphatic rings. The molecule has 0 saturated carbocycles. The van der Waals surface area contributed by atoms with E-state index in [9.17, 15) is 4.79 Å². The highest BCUT2D eigenvalue weighted by atomic mass is 16.2. The van der Waals surface area contributed by atoms with E-state index >= 15 is 0 Å². The van der Waals surface area contributed by atoms with Crippen molar-refractivity contribution in [3.05, 3.63) is 83.4 Å². The number of rotatable bonds is 6. The van der Waals surface area contributed by atoms with Gasteiger partial charge in [0.15, 0.2) is 0 Å². The minimum absolute atomic E-state index is 0.175. The Kier molecular flexibility index (Phi) is 5.03. The molecule has 0 radical (unpaired) electrons. The van der Waals surface area contributed by atoms with Gasteiger partial charge in [-0.1, -0.05) is 36.4 Å². The van der Waals surface area contributed by atoms with Crippen LogP contribution >= 0.6 is 0 Å². The Balaban J connectivity index is 1.34. The van der Waals surface area contributed by atoms with Crippen LogP contribution in [0.25, 0.3) is 0 Å². The lowest BCUT2D eigenvalue weighted by molar-refractivity contribution is -0.117. The number of fused-ring (bicyclic) bond motifs is 1. The number of aromatic nitrogens is 2. The van der Waals surface area contributed by atoms with E-state index in [2.05, 4.69) is 34.6 Å². The zero-order valence-corrected chi connectivity index (χ0v) is 15.3. The number of nitrogens with zero attached hydrogens (tertiary/aromatic N) is 2. The van der Waals surface area contributed by atoms with Crippen LogP contribution in [0.15, 0.2) is 61.1 Å². The second-order valence-electron chi connectivity index (χ2n) is 7.16. The second-order valence-corrected chi connectivity index (χ2v) is 7.16. The minimum Gasteiger partial charge on any atom is -0.333 e. The first-order chi connectivity index (χ1) is 13.2. The number of hydrogen-bond acceptors (Lipinski definition) is 3. The Morgan fingerprint density at radius 1 is 1.15 bits per heavy atom. The number of imidazole rings is 1. The van der Waals surface area contributed by atoms with Crippen molar-refractivity contribution in [2.24, 2.45) is 5.73 Å². The predicted octanol–water partition coefficient (Wildman–Crippen LogP) is 2.93. The number of nitrogens with one attached hydrogen (secondary N) is 1. The van der Waals surface area contributed by atoms with Crippen molar-refractivity contribution in [2.45, 2.75) is 38.3 Å². The van der Waals surface area contributed by atoms with Gasteiger partial charge in [-0.3, -0.25) is 4.79 Å². The quantitative estimate of drug-likeness (QED) is 0.710. The van der Waals surface area contributed by atoms with Gasteiger partial charge in [0, 0.05) is 24.8 Å². The van der Waals surface area contributed by atoms with Crippen LogP contribution in [0, 0.1) is 0 Å². The van der Waals surface area contributed by atoms with E-state index in [0.717, 1.165) is 30.8 Å². The van der Waals surface area contributed by atoms with E-state index in [1.807, 2.05) is 35.0 Å². The van der Waals surface area contributed by atoms with Crippen molar-refractivity contribution in [1.29, 1.82) is 0 Å². The molecule has 1 heterocycles. The summed E-state index contributed by atoms with van der Waals surface area (Å²) in [4.78, 5) is 16.8. The van der Waals surface area contributed by atoms with Crippen molar-refractivity contribution in [1.82, 2.24) is 9.55 Å². The molecule has 5 heteroatoms. The van der Waals surface area contributed by atoms with Gasteiger partial charge >= 0.3 is 0 Å². The summed E-state index contributed by atoms with van der Waals surface area (Å²) in [5.41, 5.74) is 11.7. The first kappa shape index (κ1) is 17.5. The molecule has 0 saturated heterocycles. The molecule has 1 aromatic heterocycles. The van der Waals surface area contributed by atoms with Crippen LogP contribution < -0.4 is 11.1 Å². The van der Waals surface area contributed by atoms with Gasteiger partial charge in [0.1, 0.15) is 0 Å². The van der Waals surface area contributed by atoms with Crippen LogP contribution in [-0.2, 0) is 30.6 Å². The first-order valence-electron chi connectivity index (χ1n) is 9.40. The third-order valence-electron chi connectivity index (χ3n) is 5.03. The van der Waals surface area contributed by atoms with Crippen LogP contribution in [-0.4, -0.2) is 21.5 Å². The van der Waals surface area contributed by atoms with Gasteiger partial charge < -0.3 is 15.6 Å². The summed E-state index contributed by atoms with van der Waals surface area (Å²) in [6.07, 6.45) is 7.57. The average molecular weight is 360 g/mol. The topological polar surface area (TPSA) is 72.9 Å². The molecule has 0 aliphatic heterocycles. The molecule has 0 bridgehead atoms. The fourth-order valence-corrected chi connectivity index (χ4v) is 3.60. The number of hydrogen-bond donors (Lipinski definition) is 2. The van der Waals surface area contributed by atoms with Gasteiger partial charge in [-0.15, -0.1) is 0 Å². The number of nitrogens with two attached hydrogens (primary N) is 1. The monoisotopic (exact) mass is 360 g/mol. The molecule has 1 amide bonds. The SMILES string of the molecule is N[C@@H](Cc1cn(Cc2ccccc2)cn1)C(=O)Nc1ccc2c(c1)CCC2. The van der Waals surface area contributed by atoms with E-state index in [1.165, 1.54) is 23.1 Å². The van der Waals surface area contributed by atoms with Crippen molar-refractivity contribution in [3.8, 4) is 0 Å². The average Bonchev–Trinajstić information content (AvgIpc) is 3.31. The van der Waals surface area contributed by atoms with E-state index in [1.54, 1.807) is 6.33 Å². The molecule has 4 rings (SSSR count). The highest BCUT2D eigenvalue weighted by molar-refractivity contribution is 5.94. The van der Waals surface area contributed by atoms with E-state index < -0.39 is 6.04 Å². The molecule has 5 nitrogen and oxygen atoms in total. The number of carbonyl (C=O) groups is 1. The first-order valence-corrected chi connectivity index (χ1v) is 9.40. The van der Waals surface area contributed by atoms with Gasteiger partial charge in [0.25, 0.3) is 0 Å². The largest absolute Gasteiger partial charge is 0.333 e. The highest BCUT2D eigenvalue weighted by Gasteiger charge is 2.17. The summed E-state index contributed by atoms with van der Waals surface area (Å²) in [5.74, 6) is -0.175. The maximum atomic E-state index is 12.4. The smallest absolute Gasteiger partial charge is 0.241 e. The standard InChI is InChI=1S/C22H24N4O/c23-21(22(27)25-19-10-9-17-7-4-8-18(17)11-19)12-20-14-26(15-24-20)13-16-5-2-1-3-6-16/h1-3,5-6,9-11,14-15,21H,4,7-8,12-13,23H2,(H,25,27)/t21-/m0/s1. The third-order valence-corrected chi connectivity index (χ3v) is 5.03. The summed E-state index contributed by atoms with van der Waals surface area (Å²) in [7, 11) is 0.